The predicted octanol–water partition coefficient (Wildman–Crippen LogP) is 5.20. The van der Waals surface area contributed by atoms with Crippen LogP contribution in [0.5, 0.6) is 0 Å². The van der Waals surface area contributed by atoms with Gasteiger partial charge in [0.15, 0.2) is 0 Å². The zero-order valence-corrected chi connectivity index (χ0v) is 19.4. The van der Waals surface area contributed by atoms with Crippen molar-refractivity contribution in [2.24, 2.45) is 0 Å². The molecule has 2 aromatic rings. The van der Waals surface area contributed by atoms with E-state index in [1.807, 2.05) is 15.6 Å². The number of carbonyl (C=O) groups excluding carboxylic acids is 1. The number of rotatable bonds is 5. The molecule has 1 aromatic carbocycles. The van der Waals surface area contributed by atoms with Crippen LogP contribution in [-0.4, -0.2) is 58.2 Å². The second-order valence-corrected chi connectivity index (χ2v) is 9.01. The second kappa shape index (κ2) is 9.07. The van der Waals surface area contributed by atoms with Crippen molar-refractivity contribution in [1.29, 1.82) is 0 Å². The van der Waals surface area contributed by atoms with E-state index in [1.165, 1.54) is 0 Å². The summed E-state index contributed by atoms with van der Waals surface area (Å²) in [6, 6.07) is 5.47. The van der Waals surface area contributed by atoms with Gasteiger partial charge in [0.05, 0.1) is 32.7 Å². The lowest BCUT2D eigenvalue weighted by Crippen LogP contribution is -2.48. The number of likely N-dealkylation sites (N-methyl/N-ethyl adjacent to an activating group) is 1. The molecule has 1 aliphatic heterocycles. The van der Waals surface area contributed by atoms with Crippen LogP contribution in [0.15, 0.2) is 18.2 Å². The van der Waals surface area contributed by atoms with E-state index >= 15 is 0 Å². The highest BCUT2D eigenvalue weighted by Crippen LogP contribution is 2.33. The largest absolute Gasteiger partial charge is 0.336 e. The van der Waals surface area contributed by atoms with Crippen LogP contribution in [-0.2, 0) is 0 Å². The molecule has 7 heteroatoms. The standard InChI is InChI=1S/C22H30Cl2N4O/c1-6-26-9-11-27(12-10-26)22(29)19-20(14(2)3)25-28(21(19)15(4)5)16-7-8-17(23)18(24)13-16/h7-8,13-15H,6,9-12H2,1-5H3. The topological polar surface area (TPSA) is 41.4 Å². The van der Waals surface area contributed by atoms with Gasteiger partial charge in [0.1, 0.15) is 0 Å². The van der Waals surface area contributed by atoms with Gasteiger partial charge in [0.25, 0.3) is 5.91 Å². The normalized spacial score (nSPS) is 15.6. The summed E-state index contributed by atoms with van der Waals surface area (Å²) in [6.07, 6.45) is 0. The molecule has 1 amide bonds. The zero-order valence-electron chi connectivity index (χ0n) is 17.9. The first kappa shape index (κ1) is 22.1. The fourth-order valence-corrected chi connectivity index (χ4v) is 4.14. The molecule has 0 bridgehead atoms. The van der Waals surface area contributed by atoms with E-state index in [9.17, 15) is 4.79 Å². The van der Waals surface area contributed by atoms with Gasteiger partial charge in [0, 0.05) is 26.2 Å². The van der Waals surface area contributed by atoms with Gasteiger partial charge in [-0.15, -0.1) is 0 Å². The Morgan fingerprint density at radius 3 is 2.21 bits per heavy atom. The van der Waals surface area contributed by atoms with Gasteiger partial charge in [-0.25, -0.2) is 4.68 Å². The van der Waals surface area contributed by atoms with Gasteiger partial charge in [-0.05, 0) is 36.6 Å². The molecular weight excluding hydrogens is 407 g/mol. The summed E-state index contributed by atoms with van der Waals surface area (Å²) in [4.78, 5) is 18.0. The number of halogens is 2. The number of nitrogens with zero attached hydrogens (tertiary/aromatic N) is 4. The maximum Gasteiger partial charge on any atom is 0.257 e. The molecule has 0 aliphatic carbocycles. The van der Waals surface area contributed by atoms with Crippen molar-refractivity contribution in [3.63, 3.8) is 0 Å². The van der Waals surface area contributed by atoms with E-state index < -0.39 is 0 Å². The summed E-state index contributed by atoms with van der Waals surface area (Å²) in [5.74, 6) is 0.340. The molecular formula is C22H30Cl2N4O. The van der Waals surface area contributed by atoms with Crippen LogP contribution in [0.2, 0.25) is 10.0 Å². The van der Waals surface area contributed by atoms with Crippen molar-refractivity contribution in [2.45, 2.75) is 46.5 Å². The Morgan fingerprint density at radius 1 is 1.03 bits per heavy atom. The molecule has 1 saturated heterocycles. The highest BCUT2D eigenvalue weighted by molar-refractivity contribution is 6.42. The SMILES string of the molecule is CCN1CCN(C(=O)c2c(C(C)C)nn(-c3ccc(Cl)c(Cl)c3)c2C(C)C)CC1. The third-order valence-corrected chi connectivity index (χ3v) is 6.25. The molecule has 0 radical (unpaired) electrons. The lowest BCUT2D eigenvalue weighted by Gasteiger charge is -2.34. The van der Waals surface area contributed by atoms with E-state index in [4.69, 9.17) is 28.3 Å². The molecule has 3 rings (SSSR count). The Kier molecular flexibility index (Phi) is 6.92. The summed E-state index contributed by atoms with van der Waals surface area (Å²) in [6.45, 7) is 14.9. The minimum Gasteiger partial charge on any atom is -0.336 e. The fraction of sp³-hybridized carbons (Fsp3) is 0.545. The van der Waals surface area contributed by atoms with Crippen molar-refractivity contribution in [3.8, 4) is 5.69 Å². The summed E-state index contributed by atoms with van der Waals surface area (Å²) in [7, 11) is 0. The number of piperazine rings is 1. The first-order valence-electron chi connectivity index (χ1n) is 10.3. The Labute approximate surface area is 183 Å². The Balaban J connectivity index is 2.09. The Bertz CT molecular complexity index is 883. The van der Waals surface area contributed by atoms with Crippen LogP contribution < -0.4 is 0 Å². The first-order valence-corrected chi connectivity index (χ1v) is 11.1. The van der Waals surface area contributed by atoms with E-state index in [1.54, 1.807) is 12.1 Å². The molecule has 5 nitrogen and oxygen atoms in total. The van der Waals surface area contributed by atoms with Gasteiger partial charge in [-0.3, -0.25) is 4.79 Å². The lowest BCUT2D eigenvalue weighted by molar-refractivity contribution is 0.0640. The van der Waals surface area contributed by atoms with E-state index in [0.717, 1.165) is 55.4 Å². The number of hydrogen-bond donors (Lipinski definition) is 0. The van der Waals surface area contributed by atoms with Crippen molar-refractivity contribution in [2.75, 3.05) is 32.7 Å². The molecule has 0 saturated carbocycles. The molecule has 29 heavy (non-hydrogen) atoms. The molecule has 1 aromatic heterocycles. The minimum atomic E-state index is 0.0828. The average molecular weight is 437 g/mol. The maximum absolute atomic E-state index is 13.6. The number of benzene rings is 1. The molecule has 0 N–H and O–H groups in total. The number of carbonyl (C=O) groups is 1. The third-order valence-electron chi connectivity index (χ3n) is 5.51. The van der Waals surface area contributed by atoms with Crippen molar-refractivity contribution < 1.29 is 4.79 Å². The molecule has 158 valence electrons. The predicted molar refractivity (Wildman–Crippen MR) is 120 cm³/mol. The van der Waals surface area contributed by atoms with Gasteiger partial charge >= 0.3 is 0 Å². The first-order chi connectivity index (χ1) is 13.7. The molecule has 0 spiro atoms. The van der Waals surface area contributed by atoms with Crippen molar-refractivity contribution in [3.05, 3.63) is 45.2 Å². The smallest absolute Gasteiger partial charge is 0.257 e. The third kappa shape index (κ3) is 4.47. The average Bonchev–Trinajstić information content (AvgIpc) is 3.11. The summed E-state index contributed by atoms with van der Waals surface area (Å²) >= 11 is 12.4. The summed E-state index contributed by atoms with van der Waals surface area (Å²) in [5, 5.41) is 5.85. The van der Waals surface area contributed by atoms with Crippen LogP contribution >= 0.6 is 23.2 Å². The molecule has 0 atom stereocenters. The zero-order chi connectivity index (χ0) is 21.3. The van der Waals surface area contributed by atoms with Crippen molar-refractivity contribution >= 4 is 29.1 Å². The minimum absolute atomic E-state index is 0.0828. The maximum atomic E-state index is 13.6. The highest BCUT2D eigenvalue weighted by atomic mass is 35.5. The van der Waals surface area contributed by atoms with Crippen molar-refractivity contribution in [1.82, 2.24) is 19.6 Å². The van der Waals surface area contributed by atoms with E-state index in [0.29, 0.717) is 10.0 Å². The van der Waals surface area contributed by atoms with Crippen LogP contribution in [0.25, 0.3) is 5.69 Å². The summed E-state index contributed by atoms with van der Waals surface area (Å²) in [5.41, 5.74) is 3.32. The Morgan fingerprint density at radius 2 is 1.69 bits per heavy atom. The molecule has 2 heterocycles. The van der Waals surface area contributed by atoms with E-state index in [2.05, 4.69) is 39.5 Å². The monoisotopic (exact) mass is 436 g/mol. The number of aromatic nitrogens is 2. The number of hydrogen-bond acceptors (Lipinski definition) is 3. The van der Waals surface area contributed by atoms with Gasteiger partial charge < -0.3 is 9.80 Å². The van der Waals surface area contributed by atoms with Crippen LogP contribution in [0.4, 0.5) is 0 Å². The highest BCUT2D eigenvalue weighted by Gasteiger charge is 2.31. The van der Waals surface area contributed by atoms with Crippen LogP contribution in [0, 0.1) is 0 Å². The van der Waals surface area contributed by atoms with E-state index in [-0.39, 0.29) is 17.7 Å². The quantitative estimate of drug-likeness (QED) is 0.646. The second-order valence-electron chi connectivity index (χ2n) is 8.19. The van der Waals surface area contributed by atoms with Crippen LogP contribution in [0.3, 0.4) is 0 Å². The van der Waals surface area contributed by atoms with Gasteiger partial charge in [-0.1, -0.05) is 57.8 Å². The molecule has 1 aliphatic rings. The van der Waals surface area contributed by atoms with Gasteiger partial charge in [-0.2, -0.15) is 5.10 Å². The Hall–Kier alpha value is -1.56. The number of amides is 1. The lowest BCUT2D eigenvalue weighted by atomic mass is 9.97. The van der Waals surface area contributed by atoms with Gasteiger partial charge in [0.2, 0.25) is 0 Å². The summed E-state index contributed by atoms with van der Waals surface area (Å²) < 4.78 is 1.87. The van der Waals surface area contributed by atoms with Crippen LogP contribution in [0.1, 0.15) is 68.2 Å². The fourth-order valence-electron chi connectivity index (χ4n) is 3.84. The molecule has 1 fully saturated rings. The molecule has 0 unspecified atom stereocenters.